The van der Waals surface area contributed by atoms with Gasteiger partial charge in [0.2, 0.25) is 0 Å². The molecule has 3 aromatic rings. The van der Waals surface area contributed by atoms with Crippen molar-refractivity contribution in [1.82, 2.24) is 19.2 Å². The SMILES string of the molecule is NC(=O)n1cc(N)c(-c2cn3ccccc3n2)n1. The second kappa shape index (κ2) is 3.59. The van der Waals surface area contributed by atoms with Gasteiger partial charge in [-0.15, -0.1) is 0 Å². The lowest BCUT2D eigenvalue weighted by molar-refractivity contribution is 0.248. The second-order valence-corrected chi connectivity index (χ2v) is 3.81. The fourth-order valence-corrected chi connectivity index (χ4v) is 1.75. The standard InChI is InChI=1S/C11H10N6O/c12-7-5-17(11(13)18)15-10(7)8-6-16-4-2-1-3-9(16)14-8/h1-6H,12H2,(H2,13,18). The molecule has 0 saturated heterocycles. The van der Waals surface area contributed by atoms with Crippen LogP contribution in [0.5, 0.6) is 0 Å². The highest BCUT2D eigenvalue weighted by atomic mass is 16.2. The molecular weight excluding hydrogens is 232 g/mol. The Bertz CT molecular complexity index is 708. The smallest absolute Gasteiger partial charge is 0.339 e. The molecular formula is C11H10N6O. The quantitative estimate of drug-likeness (QED) is 0.655. The third-order valence-corrected chi connectivity index (χ3v) is 2.57. The number of carbonyl (C=O) groups excluding carboxylic acids is 1. The lowest BCUT2D eigenvalue weighted by Crippen LogP contribution is -2.19. The van der Waals surface area contributed by atoms with Gasteiger partial charge in [0.1, 0.15) is 17.0 Å². The van der Waals surface area contributed by atoms with Gasteiger partial charge < -0.3 is 15.9 Å². The van der Waals surface area contributed by atoms with Crippen LogP contribution in [0.15, 0.2) is 36.8 Å². The Morgan fingerprint density at radius 2 is 2.11 bits per heavy atom. The van der Waals surface area contributed by atoms with E-state index in [1.54, 1.807) is 6.20 Å². The topological polar surface area (TPSA) is 104 Å². The van der Waals surface area contributed by atoms with Crippen LogP contribution in [0.1, 0.15) is 0 Å². The maximum absolute atomic E-state index is 11.0. The Labute approximate surface area is 102 Å². The number of rotatable bonds is 1. The number of anilines is 1. The van der Waals surface area contributed by atoms with Crippen LogP contribution in [0, 0.1) is 0 Å². The second-order valence-electron chi connectivity index (χ2n) is 3.81. The summed E-state index contributed by atoms with van der Waals surface area (Å²) in [5, 5.41) is 4.02. The van der Waals surface area contributed by atoms with Crippen molar-refractivity contribution < 1.29 is 4.79 Å². The average Bonchev–Trinajstić information content (AvgIpc) is 2.91. The minimum Gasteiger partial charge on any atom is -0.396 e. The summed E-state index contributed by atoms with van der Waals surface area (Å²) in [4.78, 5) is 15.4. The first kappa shape index (κ1) is 10.3. The molecule has 1 amide bonds. The molecule has 90 valence electrons. The Hall–Kier alpha value is -2.83. The molecule has 0 aliphatic carbocycles. The van der Waals surface area contributed by atoms with E-state index < -0.39 is 6.03 Å². The number of hydrogen-bond donors (Lipinski definition) is 2. The number of aromatic nitrogens is 4. The molecule has 7 nitrogen and oxygen atoms in total. The summed E-state index contributed by atoms with van der Waals surface area (Å²) in [5.74, 6) is 0. The molecule has 0 fully saturated rings. The highest BCUT2D eigenvalue weighted by Crippen LogP contribution is 2.23. The summed E-state index contributed by atoms with van der Waals surface area (Å²) in [7, 11) is 0. The highest BCUT2D eigenvalue weighted by molar-refractivity contribution is 5.78. The van der Waals surface area contributed by atoms with Gasteiger partial charge in [-0.2, -0.15) is 9.78 Å². The molecule has 0 aromatic carbocycles. The Balaban J connectivity index is 2.16. The number of hydrogen-bond acceptors (Lipinski definition) is 4. The van der Waals surface area contributed by atoms with E-state index in [1.807, 2.05) is 28.8 Å². The summed E-state index contributed by atoms with van der Waals surface area (Å²) in [6.45, 7) is 0. The number of primary amides is 1. The monoisotopic (exact) mass is 242 g/mol. The summed E-state index contributed by atoms with van der Waals surface area (Å²) >= 11 is 0. The first-order valence-electron chi connectivity index (χ1n) is 5.24. The van der Waals surface area contributed by atoms with Crippen molar-refractivity contribution in [3.05, 3.63) is 36.8 Å². The third-order valence-electron chi connectivity index (χ3n) is 2.57. The molecule has 3 rings (SSSR count). The Morgan fingerprint density at radius 1 is 1.28 bits per heavy atom. The molecule has 3 aromatic heterocycles. The number of pyridine rings is 1. The van der Waals surface area contributed by atoms with Crippen LogP contribution in [0.4, 0.5) is 10.5 Å². The van der Waals surface area contributed by atoms with E-state index in [-0.39, 0.29) is 0 Å². The molecule has 3 heterocycles. The van der Waals surface area contributed by atoms with Crippen molar-refractivity contribution in [1.29, 1.82) is 0 Å². The lowest BCUT2D eigenvalue weighted by Gasteiger charge is -1.90. The number of amides is 1. The largest absolute Gasteiger partial charge is 0.396 e. The number of nitrogens with two attached hydrogens (primary N) is 2. The summed E-state index contributed by atoms with van der Waals surface area (Å²) < 4.78 is 2.84. The van der Waals surface area contributed by atoms with Crippen LogP contribution in [0.25, 0.3) is 17.0 Å². The molecule has 0 aliphatic heterocycles. The number of imidazole rings is 1. The zero-order valence-electron chi connectivity index (χ0n) is 9.32. The number of carbonyl (C=O) groups is 1. The average molecular weight is 242 g/mol. The molecule has 4 N–H and O–H groups in total. The molecule has 0 spiro atoms. The molecule has 0 aliphatic rings. The van der Waals surface area contributed by atoms with Crippen LogP contribution in [-0.2, 0) is 0 Å². The first-order chi connectivity index (χ1) is 8.65. The maximum atomic E-state index is 11.0. The lowest BCUT2D eigenvalue weighted by atomic mass is 10.3. The number of fused-ring (bicyclic) bond motifs is 1. The van der Waals surface area contributed by atoms with E-state index >= 15 is 0 Å². The molecule has 0 bridgehead atoms. The molecule has 0 radical (unpaired) electrons. The van der Waals surface area contributed by atoms with E-state index in [0.717, 1.165) is 10.3 Å². The van der Waals surface area contributed by atoms with Gasteiger partial charge >= 0.3 is 6.03 Å². The van der Waals surface area contributed by atoms with Crippen molar-refractivity contribution in [2.45, 2.75) is 0 Å². The van der Waals surface area contributed by atoms with Crippen molar-refractivity contribution in [2.24, 2.45) is 5.73 Å². The third kappa shape index (κ3) is 1.49. The van der Waals surface area contributed by atoms with Crippen LogP contribution in [0.3, 0.4) is 0 Å². The fraction of sp³-hybridized carbons (Fsp3) is 0. The predicted octanol–water partition coefficient (Wildman–Crippen LogP) is 0.707. The van der Waals surface area contributed by atoms with Gasteiger partial charge in [0.15, 0.2) is 0 Å². The van der Waals surface area contributed by atoms with E-state index in [1.165, 1.54) is 6.20 Å². The summed E-state index contributed by atoms with van der Waals surface area (Å²) in [5.41, 5.74) is 13.1. The zero-order chi connectivity index (χ0) is 12.7. The fourth-order valence-electron chi connectivity index (χ4n) is 1.75. The molecule has 0 unspecified atom stereocenters. The van der Waals surface area contributed by atoms with Crippen molar-refractivity contribution in [3.63, 3.8) is 0 Å². The van der Waals surface area contributed by atoms with Crippen LogP contribution < -0.4 is 11.5 Å². The van der Waals surface area contributed by atoms with Gasteiger partial charge in [-0.25, -0.2) is 9.78 Å². The maximum Gasteiger partial charge on any atom is 0.339 e. The van der Waals surface area contributed by atoms with E-state index in [9.17, 15) is 4.79 Å². The van der Waals surface area contributed by atoms with Crippen molar-refractivity contribution in [3.8, 4) is 11.4 Å². The van der Waals surface area contributed by atoms with Crippen LogP contribution in [0.2, 0.25) is 0 Å². The summed E-state index contributed by atoms with van der Waals surface area (Å²) in [6, 6.07) is 4.96. The minimum atomic E-state index is -0.684. The van der Waals surface area contributed by atoms with Crippen molar-refractivity contribution >= 4 is 17.4 Å². The van der Waals surface area contributed by atoms with Gasteiger partial charge in [0.05, 0.1) is 11.9 Å². The molecule has 0 atom stereocenters. The van der Waals surface area contributed by atoms with E-state index in [0.29, 0.717) is 17.1 Å². The molecule has 7 heteroatoms. The Morgan fingerprint density at radius 3 is 2.78 bits per heavy atom. The number of nitrogen functional groups attached to an aromatic ring is 1. The van der Waals surface area contributed by atoms with Crippen LogP contribution >= 0.6 is 0 Å². The van der Waals surface area contributed by atoms with Gasteiger partial charge in [-0.1, -0.05) is 6.07 Å². The normalized spacial score (nSPS) is 10.9. The predicted molar refractivity (Wildman–Crippen MR) is 65.8 cm³/mol. The first-order valence-corrected chi connectivity index (χ1v) is 5.24. The molecule has 0 saturated carbocycles. The highest BCUT2D eigenvalue weighted by Gasteiger charge is 2.13. The van der Waals surface area contributed by atoms with Gasteiger partial charge in [-0.05, 0) is 12.1 Å². The van der Waals surface area contributed by atoms with E-state index in [4.69, 9.17) is 11.5 Å². The van der Waals surface area contributed by atoms with Crippen LogP contribution in [-0.4, -0.2) is 25.2 Å². The Kier molecular flexibility index (Phi) is 2.06. The van der Waals surface area contributed by atoms with Gasteiger partial charge in [0.25, 0.3) is 0 Å². The summed E-state index contributed by atoms with van der Waals surface area (Å²) in [6.07, 6.45) is 5.04. The number of nitrogens with zero attached hydrogens (tertiary/aromatic N) is 4. The van der Waals surface area contributed by atoms with Crippen molar-refractivity contribution in [2.75, 3.05) is 5.73 Å². The van der Waals surface area contributed by atoms with Gasteiger partial charge in [-0.3, -0.25) is 0 Å². The minimum absolute atomic E-state index is 0.359. The zero-order valence-corrected chi connectivity index (χ0v) is 9.32. The van der Waals surface area contributed by atoms with Gasteiger partial charge in [0, 0.05) is 12.4 Å². The molecule has 18 heavy (non-hydrogen) atoms. The van der Waals surface area contributed by atoms with E-state index in [2.05, 4.69) is 10.1 Å².